The van der Waals surface area contributed by atoms with Crippen LogP contribution >= 0.6 is 12.8 Å². The van der Waals surface area contributed by atoms with Crippen LogP contribution < -0.4 is 10.0 Å². The third-order valence-corrected chi connectivity index (χ3v) is 2.92. The fourth-order valence-corrected chi connectivity index (χ4v) is 1.89. The molecule has 0 bridgehead atoms. The molecule has 4 heteroatoms. The Bertz CT molecular complexity index is 376. The minimum absolute atomic E-state index is 0.302. The van der Waals surface area contributed by atoms with Gasteiger partial charge in [-0.3, -0.25) is 4.72 Å². The molecule has 0 fully saturated rings. The van der Waals surface area contributed by atoms with Crippen LogP contribution in [-0.2, 0) is 0 Å². The topological polar surface area (TPSA) is 41.1 Å². The minimum Gasteiger partial charge on any atom is -0.307 e. The predicted molar refractivity (Wildman–Crippen MR) is 75.8 cm³/mol. The highest BCUT2D eigenvalue weighted by molar-refractivity contribution is 7.78. The average molecular weight is 252 g/mol. The molecule has 1 aromatic rings. The van der Waals surface area contributed by atoms with Crippen LogP contribution in [-0.4, -0.2) is 6.03 Å². The Hall–Kier alpha value is -1.16. The molecule has 0 aliphatic carbocycles. The molecule has 0 spiro atoms. The average Bonchev–Trinajstić information content (AvgIpc) is 2.28. The molecule has 0 aliphatic heterocycles. The monoisotopic (exact) mass is 252 g/mol. The van der Waals surface area contributed by atoms with Gasteiger partial charge >= 0.3 is 6.03 Å². The summed E-state index contributed by atoms with van der Waals surface area (Å²) in [6.07, 6.45) is 0. The molecule has 1 rings (SSSR count). The lowest BCUT2D eigenvalue weighted by atomic mass is 9.93. The van der Waals surface area contributed by atoms with Crippen molar-refractivity contribution in [1.82, 2.24) is 4.72 Å². The van der Waals surface area contributed by atoms with Crippen molar-refractivity contribution in [2.75, 3.05) is 5.32 Å². The molecule has 17 heavy (non-hydrogen) atoms. The highest BCUT2D eigenvalue weighted by atomic mass is 32.1. The van der Waals surface area contributed by atoms with Crippen molar-refractivity contribution < 1.29 is 4.79 Å². The summed E-state index contributed by atoms with van der Waals surface area (Å²) >= 11 is 3.76. The summed E-state index contributed by atoms with van der Waals surface area (Å²) in [4.78, 5) is 11.4. The summed E-state index contributed by atoms with van der Waals surface area (Å²) in [5.41, 5.74) is 3.20. The highest BCUT2D eigenvalue weighted by Crippen LogP contribution is 2.32. The zero-order valence-corrected chi connectivity index (χ0v) is 11.6. The number of para-hydroxylation sites is 1. The molecule has 0 saturated carbocycles. The Morgan fingerprint density at radius 3 is 1.94 bits per heavy atom. The Morgan fingerprint density at radius 2 is 1.59 bits per heavy atom. The number of anilines is 1. The van der Waals surface area contributed by atoms with Crippen molar-refractivity contribution in [2.45, 2.75) is 39.5 Å². The smallest absolute Gasteiger partial charge is 0.307 e. The van der Waals surface area contributed by atoms with E-state index in [1.807, 2.05) is 18.2 Å². The number of urea groups is 1. The van der Waals surface area contributed by atoms with E-state index in [9.17, 15) is 4.79 Å². The second-order valence-electron chi connectivity index (χ2n) is 4.69. The van der Waals surface area contributed by atoms with E-state index in [0.29, 0.717) is 11.8 Å². The van der Waals surface area contributed by atoms with Crippen LogP contribution in [0, 0.1) is 0 Å². The first-order valence-corrected chi connectivity index (χ1v) is 6.26. The maximum atomic E-state index is 11.4. The number of rotatable bonds is 3. The van der Waals surface area contributed by atoms with Crippen molar-refractivity contribution >= 4 is 24.5 Å². The number of thiol groups is 1. The summed E-state index contributed by atoms with van der Waals surface area (Å²) in [5.74, 6) is 0.729. The Kier molecular flexibility index (Phi) is 4.87. The molecule has 0 atom stereocenters. The summed E-state index contributed by atoms with van der Waals surface area (Å²) in [7, 11) is 0. The zero-order valence-electron chi connectivity index (χ0n) is 10.7. The van der Waals surface area contributed by atoms with Gasteiger partial charge in [0.1, 0.15) is 0 Å². The molecule has 0 aliphatic rings. The van der Waals surface area contributed by atoms with Gasteiger partial charge in [0.2, 0.25) is 0 Å². The van der Waals surface area contributed by atoms with Crippen LogP contribution in [0.3, 0.4) is 0 Å². The lowest BCUT2D eigenvalue weighted by Crippen LogP contribution is -2.22. The number of carbonyl (C=O) groups is 1. The molecule has 2 amide bonds. The number of hydrogen-bond donors (Lipinski definition) is 3. The molecule has 2 N–H and O–H groups in total. The van der Waals surface area contributed by atoms with E-state index in [0.717, 1.165) is 16.8 Å². The van der Waals surface area contributed by atoms with Crippen LogP contribution in [0.5, 0.6) is 0 Å². The molecular weight excluding hydrogens is 232 g/mol. The fourth-order valence-electron chi connectivity index (χ4n) is 1.84. The van der Waals surface area contributed by atoms with E-state index in [4.69, 9.17) is 0 Å². The third kappa shape index (κ3) is 3.40. The van der Waals surface area contributed by atoms with Crippen LogP contribution in [0.2, 0.25) is 0 Å². The molecular formula is C13H20N2OS. The van der Waals surface area contributed by atoms with Crippen molar-refractivity contribution in [3.05, 3.63) is 29.3 Å². The van der Waals surface area contributed by atoms with Gasteiger partial charge in [-0.25, -0.2) is 4.79 Å². The van der Waals surface area contributed by atoms with E-state index >= 15 is 0 Å². The number of carbonyl (C=O) groups excluding carboxylic acids is 1. The zero-order chi connectivity index (χ0) is 13.0. The lowest BCUT2D eigenvalue weighted by Gasteiger charge is -2.19. The number of amides is 2. The summed E-state index contributed by atoms with van der Waals surface area (Å²) < 4.78 is 2.29. The van der Waals surface area contributed by atoms with E-state index in [1.54, 1.807) is 0 Å². The van der Waals surface area contributed by atoms with E-state index in [2.05, 4.69) is 50.5 Å². The SMILES string of the molecule is CC(C)c1cccc(C(C)C)c1NC(=O)NS. The number of nitrogens with one attached hydrogen (secondary N) is 2. The second-order valence-corrected chi connectivity index (χ2v) is 4.91. The Morgan fingerprint density at radius 1 is 1.12 bits per heavy atom. The van der Waals surface area contributed by atoms with Gasteiger partial charge in [-0.05, 0) is 23.0 Å². The molecule has 94 valence electrons. The molecule has 0 radical (unpaired) electrons. The minimum atomic E-state index is -0.302. The second kappa shape index (κ2) is 5.96. The van der Waals surface area contributed by atoms with Crippen LogP contribution in [0.1, 0.15) is 50.7 Å². The third-order valence-electron chi connectivity index (χ3n) is 2.71. The first kappa shape index (κ1) is 13.9. The molecule has 0 saturated heterocycles. The van der Waals surface area contributed by atoms with E-state index in [-0.39, 0.29) is 6.03 Å². The van der Waals surface area contributed by atoms with E-state index in [1.165, 1.54) is 0 Å². The van der Waals surface area contributed by atoms with Crippen LogP contribution in [0.15, 0.2) is 18.2 Å². The fraction of sp³-hybridized carbons (Fsp3) is 0.462. The number of benzene rings is 1. The summed E-state index contributed by atoms with van der Waals surface area (Å²) in [6.45, 7) is 8.46. The lowest BCUT2D eigenvalue weighted by molar-refractivity contribution is 0.257. The van der Waals surface area contributed by atoms with Crippen LogP contribution in [0.4, 0.5) is 10.5 Å². The van der Waals surface area contributed by atoms with Crippen molar-refractivity contribution in [2.24, 2.45) is 0 Å². The summed E-state index contributed by atoms with van der Waals surface area (Å²) in [5, 5.41) is 2.87. The Balaban J connectivity index is 3.23. The van der Waals surface area contributed by atoms with Gasteiger partial charge in [-0.1, -0.05) is 58.7 Å². The molecule has 0 heterocycles. The predicted octanol–water partition coefficient (Wildman–Crippen LogP) is 3.90. The molecule has 0 aromatic heterocycles. The Labute approximate surface area is 109 Å². The van der Waals surface area contributed by atoms with Crippen molar-refractivity contribution in [1.29, 1.82) is 0 Å². The highest BCUT2D eigenvalue weighted by Gasteiger charge is 2.15. The first-order valence-electron chi connectivity index (χ1n) is 5.81. The van der Waals surface area contributed by atoms with Crippen molar-refractivity contribution in [3.8, 4) is 0 Å². The van der Waals surface area contributed by atoms with Gasteiger partial charge in [0.25, 0.3) is 0 Å². The maximum absolute atomic E-state index is 11.4. The summed E-state index contributed by atoms with van der Waals surface area (Å²) in [6, 6.07) is 5.83. The molecule has 1 aromatic carbocycles. The normalized spacial score (nSPS) is 10.8. The molecule has 0 unspecified atom stereocenters. The molecule has 3 nitrogen and oxygen atoms in total. The van der Waals surface area contributed by atoms with Crippen molar-refractivity contribution in [3.63, 3.8) is 0 Å². The van der Waals surface area contributed by atoms with Gasteiger partial charge in [0.05, 0.1) is 0 Å². The van der Waals surface area contributed by atoms with Gasteiger partial charge in [-0.15, -0.1) is 0 Å². The standard InChI is InChI=1S/C13H20N2OS/c1-8(2)10-6-5-7-11(9(3)4)12(10)14-13(16)15-17/h5-9,17H,1-4H3,(H2,14,15,16). The number of hydrogen-bond acceptors (Lipinski definition) is 2. The van der Waals surface area contributed by atoms with Gasteiger partial charge in [-0.2, -0.15) is 0 Å². The largest absolute Gasteiger partial charge is 0.329 e. The van der Waals surface area contributed by atoms with Gasteiger partial charge in [0.15, 0.2) is 0 Å². The first-order chi connectivity index (χ1) is 7.97. The van der Waals surface area contributed by atoms with E-state index < -0.39 is 0 Å². The maximum Gasteiger partial charge on any atom is 0.329 e. The van der Waals surface area contributed by atoms with Crippen LogP contribution in [0.25, 0.3) is 0 Å². The van der Waals surface area contributed by atoms with Gasteiger partial charge in [0, 0.05) is 5.69 Å². The quantitative estimate of drug-likeness (QED) is 0.702. The van der Waals surface area contributed by atoms with Gasteiger partial charge < -0.3 is 5.32 Å².